The van der Waals surface area contributed by atoms with Gasteiger partial charge in [-0.1, -0.05) is 18.0 Å². The van der Waals surface area contributed by atoms with Crippen LogP contribution < -0.4 is 0 Å². The van der Waals surface area contributed by atoms with Gasteiger partial charge in [0.1, 0.15) is 0 Å². The van der Waals surface area contributed by atoms with E-state index in [1.54, 1.807) is 0 Å². The lowest BCUT2D eigenvalue weighted by Crippen LogP contribution is -2.20. The summed E-state index contributed by atoms with van der Waals surface area (Å²) < 4.78 is 41.1. The average Bonchev–Trinajstić information content (AvgIpc) is 2.85. The highest BCUT2D eigenvalue weighted by Gasteiger charge is 2.37. The fourth-order valence-electron chi connectivity index (χ4n) is 2.14. The second-order valence-electron chi connectivity index (χ2n) is 4.33. The third-order valence-corrected chi connectivity index (χ3v) is 3.05. The quantitative estimate of drug-likeness (QED) is 0.893. The van der Waals surface area contributed by atoms with E-state index in [1.807, 2.05) is 0 Å². The lowest BCUT2D eigenvalue weighted by molar-refractivity contribution is -0.146. The molecule has 2 rings (SSSR count). The van der Waals surface area contributed by atoms with Gasteiger partial charge in [-0.05, 0) is 18.8 Å². The molecule has 0 aromatic carbocycles. The highest BCUT2D eigenvalue weighted by atomic mass is 19.4. The second-order valence-corrected chi connectivity index (χ2v) is 4.33. The lowest BCUT2D eigenvalue weighted by Gasteiger charge is -2.14. The fourth-order valence-corrected chi connectivity index (χ4v) is 2.14. The largest absolute Gasteiger partial charge is 0.455 e. The van der Waals surface area contributed by atoms with Crippen molar-refractivity contribution in [3.63, 3.8) is 0 Å². The molecule has 0 spiro atoms. The Bertz CT molecular complexity index is 372. The third kappa shape index (κ3) is 2.96. The van der Waals surface area contributed by atoms with Crippen molar-refractivity contribution in [2.24, 2.45) is 5.92 Å². The number of rotatable bonds is 3. The Morgan fingerprint density at radius 2 is 2.00 bits per heavy atom. The maximum absolute atomic E-state index is 12.2. The van der Waals surface area contributed by atoms with E-state index < -0.39 is 18.1 Å². The van der Waals surface area contributed by atoms with E-state index in [1.165, 1.54) is 0 Å². The molecule has 4 nitrogen and oxygen atoms in total. The number of alkyl halides is 3. The first kappa shape index (κ1) is 12.3. The van der Waals surface area contributed by atoms with Crippen LogP contribution in [0.15, 0.2) is 4.52 Å². The van der Waals surface area contributed by atoms with Gasteiger partial charge in [-0.25, -0.2) is 0 Å². The summed E-state index contributed by atoms with van der Waals surface area (Å²) in [7, 11) is 0. The molecule has 0 radical (unpaired) electrons. The van der Waals surface area contributed by atoms with Crippen molar-refractivity contribution >= 4 is 0 Å². The minimum absolute atomic E-state index is 0.00620. The summed E-state index contributed by atoms with van der Waals surface area (Å²) in [6, 6.07) is 0. The monoisotopic (exact) mass is 250 g/mol. The van der Waals surface area contributed by atoms with E-state index >= 15 is 0 Å². The van der Waals surface area contributed by atoms with Gasteiger partial charge in [-0.15, -0.1) is 0 Å². The van der Waals surface area contributed by atoms with Gasteiger partial charge >= 0.3 is 6.18 Å². The molecule has 1 N–H and O–H groups in total. The molecule has 96 valence electrons. The van der Waals surface area contributed by atoms with Crippen molar-refractivity contribution in [1.82, 2.24) is 10.1 Å². The molecule has 1 aromatic rings. The molecule has 0 amide bonds. The maximum Gasteiger partial charge on any atom is 0.455 e. The van der Waals surface area contributed by atoms with Crippen molar-refractivity contribution in [3.8, 4) is 0 Å². The van der Waals surface area contributed by atoms with Crippen LogP contribution in [0.3, 0.4) is 0 Å². The molecule has 1 aliphatic carbocycles. The van der Waals surface area contributed by atoms with Crippen molar-refractivity contribution in [2.75, 3.05) is 0 Å². The first-order valence-corrected chi connectivity index (χ1v) is 5.54. The van der Waals surface area contributed by atoms with Crippen LogP contribution in [0.5, 0.6) is 0 Å². The van der Waals surface area contributed by atoms with E-state index in [-0.39, 0.29) is 18.2 Å². The van der Waals surface area contributed by atoms with Crippen LogP contribution in [0.1, 0.15) is 37.4 Å². The van der Waals surface area contributed by atoms with Gasteiger partial charge in [0, 0.05) is 0 Å². The minimum Gasteiger partial charge on any atom is -0.392 e. The van der Waals surface area contributed by atoms with Gasteiger partial charge in [0.15, 0.2) is 0 Å². The molecule has 17 heavy (non-hydrogen) atoms. The first-order chi connectivity index (χ1) is 7.97. The van der Waals surface area contributed by atoms with Gasteiger partial charge in [0.25, 0.3) is 5.82 Å². The molecule has 1 unspecified atom stereocenters. The Hall–Kier alpha value is -1.11. The van der Waals surface area contributed by atoms with Crippen LogP contribution in [0.2, 0.25) is 0 Å². The molecule has 1 aliphatic rings. The number of hydrogen-bond donors (Lipinski definition) is 1. The van der Waals surface area contributed by atoms with Gasteiger partial charge < -0.3 is 9.63 Å². The molecular weight excluding hydrogens is 237 g/mol. The zero-order valence-corrected chi connectivity index (χ0v) is 9.07. The number of hydrogen-bond acceptors (Lipinski definition) is 4. The average molecular weight is 250 g/mol. The Balaban J connectivity index is 1.96. The van der Waals surface area contributed by atoms with Gasteiger partial charge in [-0.2, -0.15) is 18.2 Å². The van der Waals surface area contributed by atoms with E-state index in [9.17, 15) is 18.3 Å². The Kier molecular flexibility index (Phi) is 3.37. The van der Waals surface area contributed by atoms with Crippen molar-refractivity contribution < 1.29 is 22.8 Å². The van der Waals surface area contributed by atoms with Crippen LogP contribution in [0.4, 0.5) is 13.2 Å². The SMILES string of the molecule is OC(Cc1nc(C(F)(F)F)no1)C1CCCC1. The Labute approximate surface area is 95.8 Å². The van der Waals surface area contributed by atoms with Crippen molar-refractivity contribution in [1.29, 1.82) is 0 Å². The van der Waals surface area contributed by atoms with Gasteiger partial charge in [0.05, 0.1) is 12.5 Å². The highest BCUT2D eigenvalue weighted by molar-refractivity contribution is 4.93. The number of nitrogens with zero attached hydrogens (tertiary/aromatic N) is 2. The van der Waals surface area contributed by atoms with Crippen molar-refractivity contribution in [2.45, 2.75) is 44.4 Å². The number of aromatic nitrogens is 2. The molecular formula is C10H13F3N2O2. The summed E-state index contributed by atoms with van der Waals surface area (Å²) in [5, 5.41) is 12.7. The minimum atomic E-state index is -4.60. The summed E-state index contributed by atoms with van der Waals surface area (Å²) >= 11 is 0. The Morgan fingerprint density at radius 3 is 2.53 bits per heavy atom. The Morgan fingerprint density at radius 1 is 1.35 bits per heavy atom. The predicted molar refractivity (Wildman–Crippen MR) is 51.0 cm³/mol. The first-order valence-electron chi connectivity index (χ1n) is 5.54. The predicted octanol–water partition coefficient (Wildman–Crippen LogP) is 2.18. The summed E-state index contributed by atoms with van der Waals surface area (Å²) in [5.74, 6) is -1.31. The maximum atomic E-state index is 12.2. The third-order valence-electron chi connectivity index (χ3n) is 3.05. The van der Waals surface area contributed by atoms with Crippen molar-refractivity contribution in [3.05, 3.63) is 11.7 Å². The molecule has 1 aromatic heterocycles. The number of aliphatic hydroxyl groups excluding tert-OH is 1. The smallest absolute Gasteiger partial charge is 0.392 e. The number of aliphatic hydroxyl groups is 1. The number of halogens is 3. The second kappa shape index (κ2) is 4.64. The van der Waals surface area contributed by atoms with Crippen LogP contribution in [-0.4, -0.2) is 21.4 Å². The van der Waals surface area contributed by atoms with E-state index in [0.29, 0.717) is 0 Å². The topological polar surface area (TPSA) is 59.2 Å². The summed E-state index contributed by atoms with van der Waals surface area (Å²) in [4.78, 5) is 3.23. The van der Waals surface area contributed by atoms with Crippen LogP contribution in [0, 0.1) is 5.92 Å². The summed E-state index contributed by atoms with van der Waals surface area (Å²) in [5.41, 5.74) is 0. The molecule has 1 heterocycles. The molecule has 0 bridgehead atoms. The van der Waals surface area contributed by atoms with Gasteiger partial charge in [0.2, 0.25) is 5.89 Å². The molecule has 0 saturated heterocycles. The van der Waals surface area contributed by atoms with Crippen LogP contribution in [-0.2, 0) is 12.6 Å². The standard InChI is InChI=1S/C10H13F3N2O2/c11-10(12,13)9-14-8(17-15-9)5-7(16)6-3-1-2-4-6/h6-7,16H,1-5H2. The summed E-state index contributed by atoms with van der Waals surface area (Å²) in [6.45, 7) is 0. The zero-order chi connectivity index (χ0) is 12.5. The van der Waals surface area contributed by atoms with E-state index in [2.05, 4.69) is 14.7 Å². The summed E-state index contributed by atoms with van der Waals surface area (Å²) in [6.07, 6.45) is -1.38. The van der Waals surface area contributed by atoms with E-state index in [0.717, 1.165) is 25.7 Å². The highest BCUT2D eigenvalue weighted by Crippen LogP contribution is 2.30. The van der Waals surface area contributed by atoms with Crippen LogP contribution >= 0.6 is 0 Å². The molecule has 7 heteroatoms. The van der Waals surface area contributed by atoms with E-state index in [4.69, 9.17) is 0 Å². The van der Waals surface area contributed by atoms with Gasteiger partial charge in [-0.3, -0.25) is 0 Å². The lowest BCUT2D eigenvalue weighted by atomic mass is 9.98. The molecule has 1 fully saturated rings. The molecule has 1 saturated carbocycles. The fraction of sp³-hybridized carbons (Fsp3) is 0.800. The zero-order valence-electron chi connectivity index (χ0n) is 9.07. The molecule has 0 aliphatic heterocycles. The normalized spacial score (nSPS) is 19.8. The molecule has 1 atom stereocenters. The van der Waals surface area contributed by atoms with Crippen LogP contribution in [0.25, 0.3) is 0 Å².